The number of aliphatic hydroxyl groups is 1. The molecule has 1 aliphatic rings. The molecule has 0 radical (unpaired) electrons. The number of nitrogens with zero attached hydrogens (tertiary/aromatic N) is 4. The summed E-state index contributed by atoms with van der Waals surface area (Å²) in [4.78, 5) is 38.1. The molecule has 0 bridgehead atoms. The summed E-state index contributed by atoms with van der Waals surface area (Å²) in [6, 6.07) is 5.00. The second-order valence-corrected chi connectivity index (χ2v) is 9.06. The van der Waals surface area contributed by atoms with Crippen molar-refractivity contribution < 1.29 is 19.4 Å². The zero-order valence-corrected chi connectivity index (χ0v) is 20.9. The fourth-order valence-electron chi connectivity index (χ4n) is 3.86. The quantitative estimate of drug-likeness (QED) is 0.615. The fraction of sp³-hybridized carbons (Fsp3) is 0.481. The Bertz CT molecular complexity index is 1080. The van der Waals surface area contributed by atoms with Crippen molar-refractivity contribution in [3.8, 4) is 17.7 Å². The van der Waals surface area contributed by atoms with E-state index in [1.165, 1.54) is 0 Å². The standard InChI is InChI=1S/C27H34N4O4/c1-5-6-7-9-21-12-23-26(29-15-21)35-24(19(2)16-31(27(23)34)20(3)18-32)17-30(4)25(33)13-22-10-8-11-28-14-22/h8,10-12,14-15,19-20,24,32H,5-6,13,16-18H2,1-4H3/t19-,20+,24-/m0/s1. The lowest BCUT2D eigenvalue weighted by Gasteiger charge is -2.37. The number of hydrogen-bond acceptors (Lipinski definition) is 6. The van der Waals surface area contributed by atoms with Crippen LogP contribution in [0.1, 0.15) is 55.1 Å². The van der Waals surface area contributed by atoms with Crippen LogP contribution in [0.4, 0.5) is 0 Å². The van der Waals surface area contributed by atoms with Gasteiger partial charge in [0.15, 0.2) is 0 Å². The van der Waals surface area contributed by atoms with E-state index < -0.39 is 6.10 Å². The van der Waals surface area contributed by atoms with Gasteiger partial charge in [0.2, 0.25) is 11.8 Å². The highest BCUT2D eigenvalue weighted by Crippen LogP contribution is 2.27. The number of hydrogen-bond donors (Lipinski definition) is 1. The summed E-state index contributed by atoms with van der Waals surface area (Å²) in [5.74, 6) is 5.93. The molecule has 186 valence electrons. The van der Waals surface area contributed by atoms with Gasteiger partial charge >= 0.3 is 0 Å². The van der Waals surface area contributed by atoms with Crippen molar-refractivity contribution in [3.63, 3.8) is 0 Å². The van der Waals surface area contributed by atoms with Crippen molar-refractivity contribution in [2.45, 2.75) is 52.2 Å². The Kier molecular flexibility index (Phi) is 9.21. The summed E-state index contributed by atoms with van der Waals surface area (Å²) >= 11 is 0. The Morgan fingerprint density at radius 3 is 2.89 bits per heavy atom. The molecule has 35 heavy (non-hydrogen) atoms. The molecular formula is C27H34N4O4. The molecule has 0 aliphatic carbocycles. The summed E-state index contributed by atoms with van der Waals surface area (Å²) in [6.07, 6.45) is 6.51. The molecule has 0 saturated heterocycles. The van der Waals surface area contributed by atoms with E-state index >= 15 is 0 Å². The van der Waals surface area contributed by atoms with Crippen molar-refractivity contribution >= 4 is 11.8 Å². The van der Waals surface area contributed by atoms with Gasteiger partial charge in [-0.05, 0) is 31.0 Å². The number of ether oxygens (including phenoxy) is 1. The van der Waals surface area contributed by atoms with Gasteiger partial charge in [0.05, 0.1) is 25.6 Å². The normalized spacial score (nSPS) is 18.3. The summed E-state index contributed by atoms with van der Waals surface area (Å²) < 4.78 is 6.26. The zero-order chi connectivity index (χ0) is 25.4. The molecular weight excluding hydrogens is 444 g/mol. The maximum Gasteiger partial charge on any atom is 0.259 e. The van der Waals surface area contributed by atoms with Gasteiger partial charge < -0.3 is 19.6 Å². The minimum atomic E-state index is -0.400. The first-order valence-corrected chi connectivity index (χ1v) is 12.0. The van der Waals surface area contributed by atoms with Crippen LogP contribution in [0, 0.1) is 17.8 Å². The Balaban J connectivity index is 1.87. The van der Waals surface area contributed by atoms with Gasteiger partial charge in [0, 0.05) is 50.1 Å². The fourth-order valence-corrected chi connectivity index (χ4v) is 3.86. The highest BCUT2D eigenvalue weighted by Gasteiger charge is 2.34. The van der Waals surface area contributed by atoms with Crippen molar-refractivity contribution in [1.29, 1.82) is 0 Å². The molecule has 0 unspecified atom stereocenters. The molecule has 8 nitrogen and oxygen atoms in total. The van der Waals surface area contributed by atoms with Crippen molar-refractivity contribution in [2.24, 2.45) is 5.92 Å². The summed E-state index contributed by atoms with van der Waals surface area (Å²) in [7, 11) is 1.74. The average molecular weight is 479 g/mol. The highest BCUT2D eigenvalue weighted by molar-refractivity contribution is 5.97. The highest BCUT2D eigenvalue weighted by atomic mass is 16.5. The number of unbranched alkanes of at least 4 members (excludes halogenated alkanes) is 1. The van der Waals surface area contributed by atoms with Gasteiger partial charge in [-0.25, -0.2) is 4.98 Å². The molecule has 0 aromatic carbocycles. The molecule has 2 amide bonds. The van der Waals surface area contributed by atoms with Crippen LogP contribution in [0.5, 0.6) is 5.88 Å². The van der Waals surface area contributed by atoms with E-state index in [2.05, 4.69) is 28.7 Å². The third kappa shape index (κ3) is 6.80. The van der Waals surface area contributed by atoms with E-state index in [9.17, 15) is 14.7 Å². The largest absolute Gasteiger partial charge is 0.472 e. The van der Waals surface area contributed by atoms with Gasteiger partial charge in [0.1, 0.15) is 11.7 Å². The SMILES string of the molecule is CCCC#Cc1cnc2c(c1)C(=O)N([C@H](C)CO)C[C@H](C)[C@H](CN(C)C(=O)Cc1cccnc1)O2. The molecule has 0 spiro atoms. The Morgan fingerprint density at radius 2 is 2.20 bits per heavy atom. The van der Waals surface area contributed by atoms with Gasteiger partial charge in [-0.1, -0.05) is 31.8 Å². The van der Waals surface area contributed by atoms with Crippen LogP contribution in [-0.4, -0.2) is 75.6 Å². The smallest absolute Gasteiger partial charge is 0.259 e. The number of carbonyl (C=O) groups is 2. The first-order valence-electron chi connectivity index (χ1n) is 12.0. The zero-order valence-electron chi connectivity index (χ0n) is 20.9. The van der Waals surface area contributed by atoms with Crippen LogP contribution in [0.2, 0.25) is 0 Å². The first-order chi connectivity index (χ1) is 16.8. The van der Waals surface area contributed by atoms with Crippen LogP contribution >= 0.6 is 0 Å². The van der Waals surface area contributed by atoms with E-state index in [4.69, 9.17) is 4.74 Å². The lowest BCUT2D eigenvalue weighted by Crippen LogP contribution is -2.50. The Morgan fingerprint density at radius 1 is 1.40 bits per heavy atom. The maximum atomic E-state index is 13.4. The Labute approximate surface area is 207 Å². The second kappa shape index (κ2) is 12.3. The molecule has 2 aromatic rings. The van der Waals surface area contributed by atoms with E-state index in [1.807, 2.05) is 19.9 Å². The van der Waals surface area contributed by atoms with Crippen LogP contribution in [0.3, 0.4) is 0 Å². The summed E-state index contributed by atoms with van der Waals surface area (Å²) in [5.41, 5.74) is 1.79. The number of pyridine rings is 2. The molecule has 3 rings (SSSR count). The molecule has 3 heterocycles. The summed E-state index contributed by atoms with van der Waals surface area (Å²) in [5, 5.41) is 9.80. The number of rotatable bonds is 7. The number of amides is 2. The van der Waals surface area contributed by atoms with Gasteiger partial charge in [-0.3, -0.25) is 14.6 Å². The van der Waals surface area contributed by atoms with Crippen LogP contribution in [0.15, 0.2) is 36.8 Å². The molecule has 8 heteroatoms. The van der Waals surface area contributed by atoms with Crippen molar-refractivity contribution in [3.05, 3.63) is 53.5 Å². The topological polar surface area (TPSA) is 95.9 Å². The van der Waals surface area contributed by atoms with Gasteiger partial charge in [0.25, 0.3) is 5.91 Å². The third-order valence-corrected chi connectivity index (χ3v) is 6.09. The van der Waals surface area contributed by atoms with Crippen LogP contribution in [0.25, 0.3) is 0 Å². The minimum Gasteiger partial charge on any atom is -0.472 e. The van der Waals surface area contributed by atoms with E-state index in [0.717, 1.165) is 18.4 Å². The lowest BCUT2D eigenvalue weighted by atomic mass is 9.99. The molecule has 1 N–H and O–H groups in total. The number of fused-ring (bicyclic) bond motifs is 1. The minimum absolute atomic E-state index is 0.0535. The van der Waals surface area contributed by atoms with Crippen molar-refractivity contribution in [1.82, 2.24) is 19.8 Å². The lowest BCUT2D eigenvalue weighted by molar-refractivity contribution is -0.130. The van der Waals surface area contributed by atoms with Crippen LogP contribution < -0.4 is 4.74 Å². The predicted octanol–water partition coefficient (Wildman–Crippen LogP) is 2.55. The second-order valence-electron chi connectivity index (χ2n) is 9.06. The van der Waals surface area contributed by atoms with Crippen LogP contribution in [-0.2, 0) is 11.2 Å². The van der Waals surface area contributed by atoms with E-state index in [0.29, 0.717) is 24.2 Å². The maximum absolute atomic E-state index is 13.4. The number of likely N-dealkylation sites (N-methyl/N-ethyl adjacent to an activating group) is 1. The molecule has 2 aromatic heterocycles. The first kappa shape index (κ1) is 26.2. The molecule has 3 atom stereocenters. The van der Waals surface area contributed by atoms with E-state index in [1.54, 1.807) is 47.6 Å². The average Bonchev–Trinajstić information content (AvgIpc) is 2.86. The predicted molar refractivity (Wildman–Crippen MR) is 133 cm³/mol. The summed E-state index contributed by atoms with van der Waals surface area (Å²) in [6.45, 7) is 6.38. The van der Waals surface area contributed by atoms with E-state index in [-0.39, 0.29) is 42.7 Å². The van der Waals surface area contributed by atoms with Crippen molar-refractivity contribution in [2.75, 3.05) is 26.7 Å². The third-order valence-electron chi connectivity index (χ3n) is 6.09. The number of carbonyl (C=O) groups excluding carboxylic acids is 2. The van der Waals surface area contributed by atoms with Gasteiger partial charge in [-0.2, -0.15) is 0 Å². The number of aromatic nitrogens is 2. The molecule has 0 saturated carbocycles. The Hall–Kier alpha value is -3.44. The monoisotopic (exact) mass is 478 g/mol. The van der Waals surface area contributed by atoms with Gasteiger partial charge in [-0.15, -0.1) is 0 Å². The molecule has 0 fully saturated rings. The number of aliphatic hydroxyl groups excluding tert-OH is 1. The molecule has 1 aliphatic heterocycles.